The highest BCUT2D eigenvalue weighted by Gasteiger charge is 2.23. The highest BCUT2D eigenvalue weighted by Crippen LogP contribution is 2.12. The van der Waals surface area contributed by atoms with Gasteiger partial charge in [0.15, 0.2) is 0 Å². The Bertz CT molecular complexity index is 708. The van der Waals surface area contributed by atoms with Crippen molar-refractivity contribution in [3.63, 3.8) is 0 Å². The van der Waals surface area contributed by atoms with E-state index in [1.54, 1.807) is 0 Å². The number of aromatic nitrogens is 1. The van der Waals surface area contributed by atoms with Gasteiger partial charge in [-0.1, -0.05) is 30.3 Å². The van der Waals surface area contributed by atoms with Crippen LogP contribution in [-0.2, 0) is 16.6 Å². The minimum atomic E-state index is -3.78. The van der Waals surface area contributed by atoms with Crippen molar-refractivity contribution in [3.8, 4) is 0 Å². The molecule has 0 aliphatic heterocycles. The summed E-state index contributed by atoms with van der Waals surface area (Å²) in [6, 6.07) is 10.4. The zero-order chi connectivity index (χ0) is 13.9. The first kappa shape index (κ1) is 13.5. The Morgan fingerprint density at radius 2 is 1.84 bits per heavy atom. The fourth-order valence-electron chi connectivity index (χ4n) is 1.70. The first-order chi connectivity index (χ1) is 9.01. The van der Waals surface area contributed by atoms with E-state index in [2.05, 4.69) is 4.98 Å². The number of hydrogen-bond donors (Lipinski definition) is 1. The maximum absolute atomic E-state index is 12.3. The molecule has 100 valence electrons. The Balaban J connectivity index is 2.31. The summed E-state index contributed by atoms with van der Waals surface area (Å²) in [5.74, 6) is 0. The molecule has 1 aromatic carbocycles. The molecule has 1 N–H and O–H groups in total. The van der Waals surface area contributed by atoms with Crippen LogP contribution in [0.3, 0.4) is 0 Å². The van der Waals surface area contributed by atoms with Crippen LogP contribution >= 0.6 is 0 Å². The van der Waals surface area contributed by atoms with E-state index in [4.69, 9.17) is 0 Å². The van der Waals surface area contributed by atoms with E-state index < -0.39 is 15.5 Å². The second kappa shape index (κ2) is 5.38. The van der Waals surface area contributed by atoms with Crippen molar-refractivity contribution in [2.45, 2.75) is 11.4 Å². The Morgan fingerprint density at radius 1 is 1.16 bits per heavy atom. The number of aromatic amines is 1. The number of rotatable bonds is 4. The summed E-state index contributed by atoms with van der Waals surface area (Å²) >= 11 is 0. The smallest absolute Gasteiger partial charge is 0.248 e. The molecule has 0 amide bonds. The van der Waals surface area contributed by atoms with Crippen molar-refractivity contribution < 1.29 is 8.42 Å². The summed E-state index contributed by atoms with van der Waals surface area (Å²) in [6.45, 7) is 0.220. The standard InChI is InChI=1S/C13H14N2O3S/c1-15(10-11-5-3-2-4-6-11)19(17,18)13-9-14-8-7-12(13)16/h2-9H,10H2,1H3,(H,14,16). The van der Waals surface area contributed by atoms with Crippen molar-refractivity contribution in [2.75, 3.05) is 7.05 Å². The molecular weight excluding hydrogens is 264 g/mol. The van der Waals surface area contributed by atoms with Crippen molar-refractivity contribution in [1.82, 2.24) is 9.29 Å². The number of nitrogens with one attached hydrogen (secondary N) is 1. The lowest BCUT2D eigenvalue weighted by molar-refractivity contribution is 0.466. The highest BCUT2D eigenvalue weighted by atomic mass is 32.2. The van der Waals surface area contributed by atoms with Crippen LogP contribution in [-0.4, -0.2) is 24.8 Å². The van der Waals surface area contributed by atoms with Gasteiger partial charge >= 0.3 is 0 Å². The fourth-order valence-corrected chi connectivity index (χ4v) is 2.89. The van der Waals surface area contributed by atoms with E-state index in [1.807, 2.05) is 30.3 Å². The van der Waals surface area contributed by atoms with E-state index in [9.17, 15) is 13.2 Å². The van der Waals surface area contributed by atoms with Gasteiger partial charge in [-0.05, 0) is 5.56 Å². The second-order valence-corrected chi connectivity index (χ2v) is 6.13. The summed E-state index contributed by atoms with van der Waals surface area (Å²) < 4.78 is 25.7. The third kappa shape index (κ3) is 2.91. The van der Waals surface area contributed by atoms with Crippen LogP contribution in [0.25, 0.3) is 0 Å². The van der Waals surface area contributed by atoms with Gasteiger partial charge in [-0.3, -0.25) is 4.79 Å². The molecule has 0 aliphatic rings. The average molecular weight is 278 g/mol. The molecule has 19 heavy (non-hydrogen) atoms. The van der Waals surface area contributed by atoms with E-state index in [0.29, 0.717) is 0 Å². The van der Waals surface area contributed by atoms with Gasteiger partial charge in [0.25, 0.3) is 0 Å². The molecule has 0 saturated heterocycles. The monoisotopic (exact) mass is 278 g/mol. The minimum absolute atomic E-state index is 0.220. The van der Waals surface area contributed by atoms with Gasteiger partial charge in [-0.15, -0.1) is 0 Å². The lowest BCUT2D eigenvalue weighted by Gasteiger charge is -2.16. The predicted molar refractivity (Wildman–Crippen MR) is 72.2 cm³/mol. The van der Waals surface area contributed by atoms with Gasteiger partial charge in [0.1, 0.15) is 4.90 Å². The topological polar surface area (TPSA) is 70.2 Å². The number of nitrogens with zero attached hydrogens (tertiary/aromatic N) is 1. The van der Waals surface area contributed by atoms with Crippen molar-refractivity contribution in [3.05, 3.63) is 64.6 Å². The van der Waals surface area contributed by atoms with E-state index in [-0.39, 0.29) is 11.4 Å². The molecule has 0 bridgehead atoms. The third-order valence-corrected chi connectivity index (χ3v) is 4.55. The van der Waals surface area contributed by atoms with E-state index >= 15 is 0 Å². The molecule has 0 spiro atoms. The van der Waals surface area contributed by atoms with Gasteiger partial charge in [0, 0.05) is 32.1 Å². The van der Waals surface area contributed by atoms with Crippen LogP contribution < -0.4 is 5.43 Å². The van der Waals surface area contributed by atoms with Crippen molar-refractivity contribution >= 4 is 10.0 Å². The first-order valence-corrected chi connectivity index (χ1v) is 7.13. The fraction of sp³-hybridized carbons (Fsp3) is 0.154. The molecule has 1 heterocycles. The Kier molecular flexibility index (Phi) is 3.82. The molecule has 0 atom stereocenters. The van der Waals surface area contributed by atoms with E-state index in [1.165, 1.54) is 25.5 Å². The molecule has 2 aromatic rings. The molecule has 2 rings (SSSR count). The molecular formula is C13H14N2O3S. The first-order valence-electron chi connectivity index (χ1n) is 5.69. The zero-order valence-corrected chi connectivity index (χ0v) is 11.2. The van der Waals surface area contributed by atoms with Crippen LogP contribution in [0.2, 0.25) is 0 Å². The van der Waals surface area contributed by atoms with Crippen LogP contribution in [0.4, 0.5) is 0 Å². The third-order valence-electron chi connectivity index (χ3n) is 2.72. The number of sulfonamides is 1. The quantitative estimate of drug-likeness (QED) is 0.913. The molecule has 0 aliphatic carbocycles. The lowest BCUT2D eigenvalue weighted by atomic mass is 10.2. The summed E-state index contributed by atoms with van der Waals surface area (Å²) in [7, 11) is -2.33. The Labute approximate surface area is 111 Å². The molecule has 6 heteroatoms. The van der Waals surface area contributed by atoms with Gasteiger partial charge in [0.2, 0.25) is 15.5 Å². The van der Waals surface area contributed by atoms with Crippen LogP contribution in [0.15, 0.2) is 58.5 Å². The molecule has 5 nitrogen and oxygen atoms in total. The summed E-state index contributed by atoms with van der Waals surface area (Å²) in [5.41, 5.74) is 0.347. The number of benzene rings is 1. The minimum Gasteiger partial charge on any atom is -0.366 e. The van der Waals surface area contributed by atoms with Crippen LogP contribution in [0.5, 0.6) is 0 Å². The maximum Gasteiger partial charge on any atom is 0.248 e. The molecule has 0 fully saturated rings. The molecule has 0 radical (unpaired) electrons. The van der Waals surface area contributed by atoms with Gasteiger partial charge in [0.05, 0.1) is 0 Å². The normalized spacial score (nSPS) is 11.7. The van der Waals surface area contributed by atoms with Crippen LogP contribution in [0, 0.1) is 0 Å². The molecule has 0 unspecified atom stereocenters. The average Bonchev–Trinajstić information content (AvgIpc) is 2.40. The zero-order valence-electron chi connectivity index (χ0n) is 10.4. The van der Waals surface area contributed by atoms with E-state index in [0.717, 1.165) is 9.87 Å². The second-order valence-electron chi connectivity index (χ2n) is 4.12. The highest BCUT2D eigenvalue weighted by molar-refractivity contribution is 7.89. The lowest BCUT2D eigenvalue weighted by Crippen LogP contribution is -2.30. The molecule has 0 saturated carbocycles. The Morgan fingerprint density at radius 3 is 2.47 bits per heavy atom. The number of pyridine rings is 1. The van der Waals surface area contributed by atoms with Gasteiger partial charge < -0.3 is 4.98 Å². The SMILES string of the molecule is CN(Cc1ccccc1)S(=O)(=O)c1c[nH]ccc1=O. The number of H-pyrrole nitrogens is 1. The summed E-state index contributed by atoms with van der Waals surface area (Å²) in [5, 5.41) is 0. The maximum atomic E-state index is 12.3. The van der Waals surface area contributed by atoms with Crippen LogP contribution in [0.1, 0.15) is 5.56 Å². The Hall–Kier alpha value is -1.92. The van der Waals surface area contributed by atoms with Gasteiger partial charge in [-0.2, -0.15) is 4.31 Å². The van der Waals surface area contributed by atoms with Gasteiger partial charge in [-0.25, -0.2) is 8.42 Å². The van der Waals surface area contributed by atoms with Crippen molar-refractivity contribution in [1.29, 1.82) is 0 Å². The largest absolute Gasteiger partial charge is 0.366 e. The summed E-state index contributed by atoms with van der Waals surface area (Å²) in [4.78, 5) is 14.0. The summed E-state index contributed by atoms with van der Waals surface area (Å²) in [6.07, 6.45) is 2.61. The predicted octanol–water partition coefficient (Wildman–Crippen LogP) is 1.20. The molecule has 1 aromatic heterocycles. The van der Waals surface area contributed by atoms with Crippen molar-refractivity contribution in [2.24, 2.45) is 0 Å². The number of hydrogen-bond acceptors (Lipinski definition) is 3.